The summed E-state index contributed by atoms with van der Waals surface area (Å²) in [6.07, 6.45) is 2.06. The molecule has 1 unspecified atom stereocenters. The van der Waals surface area contributed by atoms with Crippen LogP contribution in [0.4, 0.5) is 0 Å². The van der Waals surface area contributed by atoms with Crippen molar-refractivity contribution < 1.29 is 9.21 Å². The predicted octanol–water partition coefficient (Wildman–Crippen LogP) is 1.44. The number of hydrogen-bond donors (Lipinski definition) is 2. The molecule has 0 aliphatic carbocycles. The summed E-state index contributed by atoms with van der Waals surface area (Å²) < 4.78 is 5.19. The SMILES string of the molecule is CC(CN)CC(=O)N[C@H](C)c1ccco1. The van der Waals surface area contributed by atoms with Crippen LogP contribution in [-0.2, 0) is 4.79 Å². The molecule has 0 saturated heterocycles. The Kier molecular flexibility index (Phi) is 4.37. The van der Waals surface area contributed by atoms with Crippen molar-refractivity contribution in [2.24, 2.45) is 11.7 Å². The van der Waals surface area contributed by atoms with Crippen molar-refractivity contribution in [1.82, 2.24) is 5.32 Å². The summed E-state index contributed by atoms with van der Waals surface area (Å²) in [6, 6.07) is 3.56. The highest BCUT2D eigenvalue weighted by atomic mass is 16.3. The Bertz CT molecular complexity index is 296. The van der Waals surface area contributed by atoms with Gasteiger partial charge in [0.2, 0.25) is 5.91 Å². The van der Waals surface area contributed by atoms with Crippen molar-refractivity contribution in [1.29, 1.82) is 0 Å². The van der Waals surface area contributed by atoms with Crippen LogP contribution in [0.3, 0.4) is 0 Å². The summed E-state index contributed by atoms with van der Waals surface area (Å²) in [5, 5.41) is 2.86. The summed E-state index contributed by atoms with van der Waals surface area (Å²) >= 11 is 0. The first-order valence-corrected chi connectivity index (χ1v) is 5.16. The van der Waals surface area contributed by atoms with E-state index in [9.17, 15) is 4.79 Å². The Labute approximate surface area is 89.8 Å². The maximum Gasteiger partial charge on any atom is 0.220 e. The molecule has 1 rings (SSSR count). The lowest BCUT2D eigenvalue weighted by Gasteiger charge is -2.13. The normalized spacial score (nSPS) is 14.6. The number of nitrogens with two attached hydrogens (primary N) is 1. The molecule has 0 fully saturated rings. The number of hydrogen-bond acceptors (Lipinski definition) is 3. The van der Waals surface area contributed by atoms with Crippen molar-refractivity contribution in [3.05, 3.63) is 24.2 Å². The van der Waals surface area contributed by atoms with E-state index in [0.29, 0.717) is 13.0 Å². The molecule has 84 valence electrons. The van der Waals surface area contributed by atoms with E-state index in [1.807, 2.05) is 19.9 Å². The van der Waals surface area contributed by atoms with Gasteiger partial charge in [-0.2, -0.15) is 0 Å². The van der Waals surface area contributed by atoms with Crippen molar-refractivity contribution >= 4 is 5.91 Å². The number of carbonyl (C=O) groups is 1. The molecule has 15 heavy (non-hydrogen) atoms. The van der Waals surface area contributed by atoms with Gasteiger partial charge in [-0.1, -0.05) is 6.92 Å². The molecule has 0 radical (unpaired) electrons. The number of amides is 1. The van der Waals surface area contributed by atoms with Gasteiger partial charge in [-0.25, -0.2) is 0 Å². The monoisotopic (exact) mass is 210 g/mol. The molecule has 0 bridgehead atoms. The molecule has 0 aromatic carbocycles. The largest absolute Gasteiger partial charge is 0.467 e. The molecule has 1 amide bonds. The Morgan fingerprint density at radius 1 is 1.60 bits per heavy atom. The molecular formula is C11H18N2O2. The van der Waals surface area contributed by atoms with Gasteiger partial charge < -0.3 is 15.5 Å². The second kappa shape index (κ2) is 5.56. The van der Waals surface area contributed by atoms with Crippen LogP contribution in [0.25, 0.3) is 0 Å². The van der Waals surface area contributed by atoms with Gasteiger partial charge in [-0.15, -0.1) is 0 Å². The molecule has 0 aliphatic rings. The van der Waals surface area contributed by atoms with E-state index in [4.69, 9.17) is 10.2 Å². The lowest BCUT2D eigenvalue weighted by atomic mass is 10.1. The van der Waals surface area contributed by atoms with E-state index in [-0.39, 0.29) is 17.9 Å². The standard InChI is InChI=1S/C11H18N2O2/c1-8(7-12)6-11(14)13-9(2)10-4-3-5-15-10/h3-5,8-9H,6-7,12H2,1-2H3,(H,13,14)/t8?,9-/m1/s1. The van der Waals surface area contributed by atoms with Crippen LogP contribution in [-0.4, -0.2) is 12.5 Å². The molecular weight excluding hydrogens is 192 g/mol. The predicted molar refractivity (Wildman–Crippen MR) is 58.1 cm³/mol. The number of nitrogens with one attached hydrogen (secondary N) is 1. The fourth-order valence-electron chi connectivity index (χ4n) is 1.31. The van der Waals surface area contributed by atoms with E-state index in [1.165, 1.54) is 0 Å². The van der Waals surface area contributed by atoms with Gasteiger partial charge in [0, 0.05) is 6.42 Å². The maximum atomic E-state index is 11.5. The van der Waals surface area contributed by atoms with Crippen LogP contribution in [0.15, 0.2) is 22.8 Å². The lowest BCUT2D eigenvalue weighted by Crippen LogP contribution is -2.29. The van der Waals surface area contributed by atoms with Crippen molar-refractivity contribution in [2.75, 3.05) is 6.54 Å². The smallest absolute Gasteiger partial charge is 0.220 e. The van der Waals surface area contributed by atoms with Crippen LogP contribution in [0.2, 0.25) is 0 Å². The van der Waals surface area contributed by atoms with Gasteiger partial charge in [0.05, 0.1) is 12.3 Å². The third kappa shape index (κ3) is 3.75. The van der Waals surface area contributed by atoms with Gasteiger partial charge in [-0.05, 0) is 31.5 Å². The summed E-state index contributed by atoms with van der Waals surface area (Å²) in [4.78, 5) is 11.5. The van der Waals surface area contributed by atoms with E-state index >= 15 is 0 Å². The van der Waals surface area contributed by atoms with E-state index in [1.54, 1.807) is 12.3 Å². The summed E-state index contributed by atoms with van der Waals surface area (Å²) in [7, 11) is 0. The molecule has 1 heterocycles. The quantitative estimate of drug-likeness (QED) is 0.772. The van der Waals surface area contributed by atoms with Gasteiger partial charge >= 0.3 is 0 Å². The fraction of sp³-hybridized carbons (Fsp3) is 0.545. The number of carbonyl (C=O) groups excluding carboxylic acids is 1. The molecule has 2 atom stereocenters. The Hall–Kier alpha value is -1.29. The molecule has 4 nitrogen and oxygen atoms in total. The summed E-state index contributed by atoms with van der Waals surface area (Å²) in [5.74, 6) is 0.995. The Morgan fingerprint density at radius 2 is 2.33 bits per heavy atom. The van der Waals surface area contributed by atoms with Gasteiger partial charge in [0.15, 0.2) is 0 Å². The minimum atomic E-state index is -0.0857. The first-order valence-electron chi connectivity index (χ1n) is 5.16. The van der Waals surface area contributed by atoms with Crippen LogP contribution in [0.5, 0.6) is 0 Å². The number of rotatable bonds is 5. The average molecular weight is 210 g/mol. The molecule has 3 N–H and O–H groups in total. The van der Waals surface area contributed by atoms with Crippen molar-refractivity contribution in [2.45, 2.75) is 26.3 Å². The van der Waals surface area contributed by atoms with E-state index < -0.39 is 0 Å². The van der Waals surface area contributed by atoms with Crippen molar-refractivity contribution in [3.8, 4) is 0 Å². The van der Waals surface area contributed by atoms with Crippen molar-refractivity contribution in [3.63, 3.8) is 0 Å². The molecule has 1 aromatic rings. The third-order valence-electron chi connectivity index (χ3n) is 2.28. The summed E-state index contributed by atoms with van der Waals surface area (Å²) in [5.41, 5.74) is 5.45. The number of furan rings is 1. The zero-order valence-corrected chi connectivity index (χ0v) is 9.19. The molecule has 0 spiro atoms. The minimum Gasteiger partial charge on any atom is -0.467 e. The molecule has 0 saturated carbocycles. The Balaban J connectivity index is 2.38. The van der Waals surface area contributed by atoms with Gasteiger partial charge in [0.25, 0.3) is 0 Å². The summed E-state index contributed by atoms with van der Waals surface area (Å²) in [6.45, 7) is 4.38. The van der Waals surface area contributed by atoms with Crippen LogP contribution >= 0.6 is 0 Å². The molecule has 0 aliphatic heterocycles. The first-order chi connectivity index (χ1) is 7.13. The zero-order valence-electron chi connectivity index (χ0n) is 9.19. The highest BCUT2D eigenvalue weighted by Gasteiger charge is 2.13. The van der Waals surface area contributed by atoms with Gasteiger partial charge in [0.1, 0.15) is 5.76 Å². The van der Waals surface area contributed by atoms with Crippen LogP contribution < -0.4 is 11.1 Å². The fourth-order valence-corrected chi connectivity index (χ4v) is 1.31. The van der Waals surface area contributed by atoms with E-state index in [0.717, 1.165) is 5.76 Å². The van der Waals surface area contributed by atoms with Crippen LogP contribution in [0, 0.1) is 5.92 Å². The minimum absolute atomic E-state index is 0.0110. The first kappa shape index (κ1) is 11.8. The zero-order chi connectivity index (χ0) is 11.3. The van der Waals surface area contributed by atoms with E-state index in [2.05, 4.69) is 5.32 Å². The van der Waals surface area contributed by atoms with Gasteiger partial charge in [-0.3, -0.25) is 4.79 Å². The Morgan fingerprint density at radius 3 is 2.87 bits per heavy atom. The highest BCUT2D eigenvalue weighted by Crippen LogP contribution is 2.12. The average Bonchev–Trinajstić information content (AvgIpc) is 2.70. The maximum absolute atomic E-state index is 11.5. The molecule has 1 aromatic heterocycles. The van der Waals surface area contributed by atoms with Crippen LogP contribution in [0.1, 0.15) is 32.1 Å². The second-order valence-corrected chi connectivity index (χ2v) is 3.85. The lowest BCUT2D eigenvalue weighted by molar-refractivity contribution is -0.122. The molecule has 4 heteroatoms. The topological polar surface area (TPSA) is 68.3 Å². The highest BCUT2D eigenvalue weighted by molar-refractivity contribution is 5.76. The second-order valence-electron chi connectivity index (χ2n) is 3.85. The third-order valence-corrected chi connectivity index (χ3v) is 2.28.